The molecule has 0 aliphatic rings. The van der Waals surface area contributed by atoms with E-state index < -0.39 is 0 Å². The Bertz CT molecular complexity index is 137. The maximum absolute atomic E-state index is 3.24. The van der Waals surface area contributed by atoms with Crippen LogP contribution >= 0.6 is 0 Å². The highest BCUT2D eigenvalue weighted by Crippen LogP contribution is 2.06. The van der Waals surface area contributed by atoms with E-state index in [4.69, 9.17) is 0 Å². The lowest BCUT2D eigenvalue weighted by Gasteiger charge is -2.21. The van der Waals surface area contributed by atoms with Gasteiger partial charge < -0.3 is 10.2 Å². The molecular formula is C14H32N2. The molecule has 0 rings (SSSR count). The first kappa shape index (κ1) is 15.9. The first-order valence-corrected chi connectivity index (χ1v) is 7.03. The molecule has 1 atom stereocenters. The Kier molecular flexibility index (Phi) is 11.3. The summed E-state index contributed by atoms with van der Waals surface area (Å²) in [6.07, 6.45) is 8.39. The van der Waals surface area contributed by atoms with Gasteiger partial charge in [-0.1, -0.05) is 46.0 Å². The van der Waals surface area contributed by atoms with E-state index in [0.717, 1.165) is 12.5 Å². The highest BCUT2D eigenvalue weighted by atomic mass is 15.1. The Morgan fingerprint density at radius 1 is 1.06 bits per heavy atom. The van der Waals surface area contributed by atoms with Gasteiger partial charge in [-0.25, -0.2) is 0 Å². The van der Waals surface area contributed by atoms with Gasteiger partial charge in [0.1, 0.15) is 0 Å². The van der Waals surface area contributed by atoms with Crippen molar-refractivity contribution in [2.75, 3.05) is 33.7 Å². The monoisotopic (exact) mass is 228 g/mol. The largest absolute Gasteiger partial charge is 0.319 e. The molecule has 0 heterocycles. The van der Waals surface area contributed by atoms with Crippen LogP contribution in [0.4, 0.5) is 0 Å². The molecule has 2 heteroatoms. The number of nitrogens with one attached hydrogen (secondary N) is 1. The van der Waals surface area contributed by atoms with Gasteiger partial charge in [0.15, 0.2) is 0 Å². The smallest absolute Gasteiger partial charge is 0.00161 e. The van der Waals surface area contributed by atoms with Gasteiger partial charge in [-0.05, 0) is 39.5 Å². The summed E-state index contributed by atoms with van der Waals surface area (Å²) in [6.45, 7) is 8.20. The standard InChI is InChI=1S/C14H32N2/c1-5-6-7-8-9-10-11-16(4)13-14(2)12-15-3/h14-15H,5-13H2,1-4H3. The van der Waals surface area contributed by atoms with Crippen LogP contribution in [0.15, 0.2) is 0 Å². The lowest BCUT2D eigenvalue weighted by atomic mass is 10.1. The maximum atomic E-state index is 3.24. The van der Waals surface area contributed by atoms with E-state index >= 15 is 0 Å². The summed E-state index contributed by atoms with van der Waals surface area (Å²) in [5, 5.41) is 3.24. The molecule has 98 valence electrons. The second-order valence-corrected chi connectivity index (χ2v) is 5.19. The summed E-state index contributed by atoms with van der Waals surface area (Å²) in [5.41, 5.74) is 0. The van der Waals surface area contributed by atoms with Crippen LogP contribution in [0.25, 0.3) is 0 Å². The molecule has 0 aromatic rings. The van der Waals surface area contributed by atoms with Crippen molar-refractivity contribution >= 4 is 0 Å². The summed E-state index contributed by atoms with van der Waals surface area (Å²) < 4.78 is 0. The number of hydrogen-bond acceptors (Lipinski definition) is 2. The molecule has 0 spiro atoms. The third-order valence-electron chi connectivity index (χ3n) is 3.07. The molecule has 0 aliphatic carbocycles. The van der Waals surface area contributed by atoms with Crippen molar-refractivity contribution in [2.24, 2.45) is 5.92 Å². The number of rotatable bonds is 11. The number of unbranched alkanes of at least 4 members (excludes halogenated alkanes) is 5. The van der Waals surface area contributed by atoms with E-state index in [1.165, 1.54) is 51.6 Å². The number of nitrogens with zero attached hydrogens (tertiary/aromatic N) is 1. The van der Waals surface area contributed by atoms with Gasteiger partial charge in [-0.3, -0.25) is 0 Å². The second kappa shape index (κ2) is 11.4. The van der Waals surface area contributed by atoms with E-state index in [2.05, 4.69) is 31.1 Å². The van der Waals surface area contributed by atoms with Crippen molar-refractivity contribution in [1.82, 2.24) is 10.2 Å². The molecule has 16 heavy (non-hydrogen) atoms. The van der Waals surface area contributed by atoms with Crippen molar-refractivity contribution in [1.29, 1.82) is 0 Å². The maximum Gasteiger partial charge on any atom is 0.00161 e. The van der Waals surface area contributed by atoms with Gasteiger partial charge in [-0.15, -0.1) is 0 Å². The topological polar surface area (TPSA) is 15.3 Å². The highest BCUT2D eigenvalue weighted by Gasteiger charge is 2.04. The molecule has 0 amide bonds. The molecule has 0 fully saturated rings. The van der Waals surface area contributed by atoms with Crippen LogP contribution in [-0.4, -0.2) is 38.6 Å². The van der Waals surface area contributed by atoms with E-state index in [-0.39, 0.29) is 0 Å². The van der Waals surface area contributed by atoms with Crippen molar-refractivity contribution < 1.29 is 0 Å². The Morgan fingerprint density at radius 3 is 2.31 bits per heavy atom. The van der Waals surface area contributed by atoms with Crippen LogP contribution in [0.1, 0.15) is 52.4 Å². The average molecular weight is 228 g/mol. The van der Waals surface area contributed by atoms with Crippen molar-refractivity contribution in [3.05, 3.63) is 0 Å². The lowest BCUT2D eigenvalue weighted by molar-refractivity contribution is 0.277. The summed E-state index contributed by atoms with van der Waals surface area (Å²) >= 11 is 0. The quantitative estimate of drug-likeness (QED) is 0.547. The Morgan fingerprint density at radius 2 is 1.69 bits per heavy atom. The van der Waals surface area contributed by atoms with Gasteiger partial charge in [0.25, 0.3) is 0 Å². The van der Waals surface area contributed by atoms with Gasteiger partial charge in [0.2, 0.25) is 0 Å². The van der Waals surface area contributed by atoms with E-state index in [1.807, 2.05) is 7.05 Å². The SMILES string of the molecule is CCCCCCCCN(C)CC(C)CNC. The van der Waals surface area contributed by atoms with E-state index in [9.17, 15) is 0 Å². The van der Waals surface area contributed by atoms with Crippen LogP contribution in [0.2, 0.25) is 0 Å². The van der Waals surface area contributed by atoms with Crippen LogP contribution in [0.3, 0.4) is 0 Å². The fourth-order valence-corrected chi connectivity index (χ4v) is 2.20. The third kappa shape index (κ3) is 10.4. The van der Waals surface area contributed by atoms with Crippen LogP contribution in [0.5, 0.6) is 0 Å². The van der Waals surface area contributed by atoms with E-state index in [0.29, 0.717) is 0 Å². The highest BCUT2D eigenvalue weighted by molar-refractivity contribution is 4.60. The normalized spacial score (nSPS) is 13.3. The zero-order valence-electron chi connectivity index (χ0n) is 11.9. The van der Waals surface area contributed by atoms with E-state index in [1.54, 1.807) is 0 Å². The van der Waals surface area contributed by atoms with Crippen LogP contribution in [0, 0.1) is 5.92 Å². The minimum atomic E-state index is 0.759. The molecule has 0 bridgehead atoms. The fourth-order valence-electron chi connectivity index (χ4n) is 2.20. The number of hydrogen-bond donors (Lipinski definition) is 1. The average Bonchev–Trinajstić information content (AvgIpc) is 2.23. The molecule has 0 aliphatic heterocycles. The summed E-state index contributed by atoms with van der Waals surface area (Å²) in [4.78, 5) is 2.47. The second-order valence-electron chi connectivity index (χ2n) is 5.19. The Labute approximate surface area is 103 Å². The van der Waals surface area contributed by atoms with Crippen molar-refractivity contribution in [3.63, 3.8) is 0 Å². The third-order valence-corrected chi connectivity index (χ3v) is 3.07. The Balaban J connectivity index is 3.26. The predicted molar refractivity (Wildman–Crippen MR) is 74.0 cm³/mol. The van der Waals surface area contributed by atoms with Crippen molar-refractivity contribution in [3.8, 4) is 0 Å². The Hall–Kier alpha value is -0.0800. The predicted octanol–water partition coefficient (Wildman–Crippen LogP) is 3.13. The molecule has 0 aromatic heterocycles. The van der Waals surface area contributed by atoms with Gasteiger partial charge in [-0.2, -0.15) is 0 Å². The van der Waals surface area contributed by atoms with Gasteiger partial charge in [0.05, 0.1) is 0 Å². The molecular weight excluding hydrogens is 196 g/mol. The molecule has 0 aromatic carbocycles. The zero-order chi connectivity index (χ0) is 12.2. The zero-order valence-corrected chi connectivity index (χ0v) is 11.9. The van der Waals surface area contributed by atoms with Crippen LogP contribution in [-0.2, 0) is 0 Å². The molecule has 0 radical (unpaired) electrons. The van der Waals surface area contributed by atoms with Gasteiger partial charge in [0, 0.05) is 6.54 Å². The molecule has 1 unspecified atom stereocenters. The first-order valence-electron chi connectivity index (χ1n) is 7.03. The summed E-state index contributed by atoms with van der Waals surface area (Å²) in [7, 11) is 4.28. The molecule has 0 saturated carbocycles. The lowest BCUT2D eigenvalue weighted by Crippen LogP contribution is -2.30. The summed E-state index contributed by atoms with van der Waals surface area (Å²) in [5.74, 6) is 0.759. The molecule has 2 nitrogen and oxygen atoms in total. The fraction of sp³-hybridized carbons (Fsp3) is 1.00. The molecule has 0 saturated heterocycles. The van der Waals surface area contributed by atoms with Gasteiger partial charge >= 0.3 is 0 Å². The minimum absolute atomic E-state index is 0.759. The summed E-state index contributed by atoms with van der Waals surface area (Å²) in [6, 6.07) is 0. The minimum Gasteiger partial charge on any atom is -0.319 e. The molecule has 1 N–H and O–H groups in total. The van der Waals surface area contributed by atoms with Crippen LogP contribution < -0.4 is 5.32 Å². The van der Waals surface area contributed by atoms with Crippen molar-refractivity contribution in [2.45, 2.75) is 52.4 Å². The first-order chi connectivity index (χ1) is 7.70.